The minimum Gasteiger partial charge on any atom is -0.313 e. The van der Waals surface area contributed by atoms with E-state index in [9.17, 15) is 19.2 Å². The molecule has 5 aliphatic heterocycles. The Morgan fingerprint density at radius 2 is 1.74 bits per heavy atom. The number of hydrogen-bond acceptors (Lipinski definition) is 6. The molecule has 2 N–H and O–H groups in total. The lowest BCUT2D eigenvalue weighted by Gasteiger charge is -2.45. The van der Waals surface area contributed by atoms with Crippen LogP contribution in [-0.2, 0) is 16.1 Å². The molecule has 2 bridgehead atoms. The Morgan fingerprint density at radius 1 is 0.935 bits per heavy atom. The number of piperidine rings is 3. The highest BCUT2D eigenvalue weighted by atomic mass is 16.2. The Labute approximate surface area is 180 Å². The van der Waals surface area contributed by atoms with Crippen LogP contribution in [0.2, 0.25) is 0 Å². The summed E-state index contributed by atoms with van der Waals surface area (Å²) >= 11 is 0. The lowest BCUT2D eigenvalue weighted by molar-refractivity contribution is -0.136. The zero-order valence-electron chi connectivity index (χ0n) is 17.3. The number of amides is 4. The first-order chi connectivity index (χ1) is 15.0. The van der Waals surface area contributed by atoms with Gasteiger partial charge in [-0.2, -0.15) is 0 Å². The minimum atomic E-state index is -0.918. The average Bonchev–Trinajstić information content (AvgIpc) is 3.30. The van der Waals surface area contributed by atoms with Crippen LogP contribution in [-0.4, -0.2) is 65.1 Å². The van der Waals surface area contributed by atoms with Crippen molar-refractivity contribution in [3.63, 3.8) is 0 Å². The molecule has 7 rings (SSSR count). The Hall–Kier alpha value is -2.58. The largest absolute Gasteiger partial charge is 0.313 e. The second-order valence-corrected chi connectivity index (χ2v) is 9.70. The molecule has 5 atom stereocenters. The van der Waals surface area contributed by atoms with Gasteiger partial charge in [-0.15, -0.1) is 0 Å². The molecule has 1 aromatic carbocycles. The first-order valence-corrected chi connectivity index (χ1v) is 11.3. The third-order valence-electron chi connectivity index (χ3n) is 8.01. The molecule has 0 spiro atoms. The monoisotopic (exact) mass is 422 g/mol. The zero-order valence-corrected chi connectivity index (χ0v) is 17.3. The third kappa shape index (κ3) is 2.96. The molecule has 8 heteroatoms. The van der Waals surface area contributed by atoms with E-state index < -0.39 is 23.8 Å². The van der Waals surface area contributed by atoms with Crippen molar-refractivity contribution in [2.24, 2.45) is 17.8 Å². The van der Waals surface area contributed by atoms with Gasteiger partial charge in [0.15, 0.2) is 0 Å². The smallest absolute Gasteiger partial charge is 0.262 e. The van der Waals surface area contributed by atoms with Crippen LogP contribution in [0.25, 0.3) is 0 Å². The van der Waals surface area contributed by atoms with Crippen LogP contribution in [0.4, 0.5) is 0 Å². The maximum Gasteiger partial charge on any atom is 0.262 e. The zero-order chi connectivity index (χ0) is 21.3. The number of nitrogens with zero attached hydrogens (tertiary/aromatic N) is 2. The van der Waals surface area contributed by atoms with Crippen molar-refractivity contribution in [3.8, 4) is 0 Å². The van der Waals surface area contributed by atoms with Gasteiger partial charge in [0.2, 0.25) is 11.8 Å². The molecular formula is C23H26N4O4. The summed E-state index contributed by atoms with van der Waals surface area (Å²) in [4.78, 5) is 53.1. The van der Waals surface area contributed by atoms with Crippen molar-refractivity contribution in [1.29, 1.82) is 0 Å². The second-order valence-electron chi connectivity index (χ2n) is 9.70. The van der Waals surface area contributed by atoms with Crippen molar-refractivity contribution < 1.29 is 19.2 Å². The predicted molar refractivity (Wildman–Crippen MR) is 110 cm³/mol. The lowest BCUT2D eigenvalue weighted by Crippen LogP contribution is -2.54. The summed E-state index contributed by atoms with van der Waals surface area (Å²) in [6.45, 7) is 4.08. The number of rotatable bonds is 3. The predicted octanol–water partition coefficient (Wildman–Crippen LogP) is 0.518. The van der Waals surface area contributed by atoms with Crippen LogP contribution in [0.5, 0.6) is 0 Å². The summed E-state index contributed by atoms with van der Waals surface area (Å²) in [5, 5.41) is 5.93. The number of likely N-dealkylation sites (tertiary alicyclic amines) is 1. The Kier molecular flexibility index (Phi) is 4.30. The molecule has 4 amide bonds. The van der Waals surface area contributed by atoms with Gasteiger partial charge in [-0.1, -0.05) is 6.07 Å². The summed E-state index contributed by atoms with van der Waals surface area (Å²) in [7, 11) is 0. The van der Waals surface area contributed by atoms with Gasteiger partial charge >= 0.3 is 0 Å². The fourth-order valence-corrected chi connectivity index (χ4v) is 6.50. The van der Waals surface area contributed by atoms with Crippen LogP contribution in [0, 0.1) is 17.8 Å². The van der Waals surface area contributed by atoms with E-state index in [1.54, 1.807) is 6.07 Å². The molecule has 5 heterocycles. The molecule has 0 aromatic heterocycles. The number of carbonyl (C=O) groups is 4. The van der Waals surface area contributed by atoms with Gasteiger partial charge < -0.3 is 5.32 Å². The molecule has 1 aliphatic carbocycles. The van der Waals surface area contributed by atoms with Gasteiger partial charge in [0.1, 0.15) is 6.04 Å². The number of imide groups is 2. The second kappa shape index (κ2) is 6.97. The van der Waals surface area contributed by atoms with Gasteiger partial charge in [-0.25, -0.2) is 0 Å². The van der Waals surface area contributed by atoms with Gasteiger partial charge in [0, 0.05) is 32.1 Å². The summed E-state index contributed by atoms with van der Waals surface area (Å²) in [5.74, 6) is 0.434. The summed E-state index contributed by atoms with van der Waals surface area (Å²) in [6, 6.07) is 5.17. The molecular weight excluding hydrogens is 396 g/mol. The SMILES string of the molecule is O=C1CCC(N2C(=O)c3ccc(CN4CC5C6CCC(NC6)C5C4)cc3C2=O)C(=O)N1. The Morgan fingerprint density at radius 3 is 2.48 bits per heavy atom. The highest BCUT2D eigenvalue weighted by Crippen LogP contribution is 2.43. The van der Waals surface area contributed by atoms with Crippen molar-refractivity contribution in [1.82, 2.24) is 20.4 Å². The lowest BCUT2D eigenvalue weighted by atomic mass is 9.68. The van der Waals surface area contributed by atoms with Crippen LogP contribution in [0.15, 0.2) is 18.2 Å². The number of fused-ring (bicyclic) bond motifs is 3. The van der Waals surface area contributed by atoms with E-state index in [4.69, 9.17) is 0 Å². The highest BCUT2D eigenvalue weighted by molar-refractivity contribution is 6.23. The van der Waals surface area contributed by atoms with Gasteiger partial charge in [0.05, 0.1) is 11.1 Å². The van der Waals surface area contributed by atoms with E-state index in [0.29, 0.717) is 23.1 Å². The summed E-state index contributed by atoms with van der Waals surface area (Å²) < 4.78 is 0. The van der Waals surface area contributed by atoms with E-state index in [1.165, 1.54) is 12.8 Å². The number of benzene rings is 1. The van der Waals surface area contributed by atoms with Crippen LogP contribution >= 0.6 is 0 Å². The highest BCUT2D eigenvalue weighted by Gasteiger charge is 2.48. The van der Waals surface area contributed by atoms with Crippen molar-refractivity contribution in [2.75, 3.05) is 19.6 Å². The fraction of sp³-hybridized carbons (Fsp3) is 0.565. The van der Waals surface area contributed by atoms with E-state index in [2.05, 4.69) is 15.5 Å². The van der Waals surface area contributed by atoms with Crippen LogP contribution in [0.3, 0.4) is 0 Å². The van der Waals surface area contributed by atoms with Gasteiger partial charge in [0.25, 0.3) is 11.8 Å². The fourth-order valence-electron chi connectivity index (χ4n) is 6.50. The van der Waals surface area contributed by atoms with Crippen molar-refractivity contribution in [2.45, 2.75) is 44.3 Å². The number of nitrogens with one attached hydrogen (secondary N) is 2. The van der Waals surface area contributed by atoms with Crippen molar-refractivity contribution >= 4 is 23.6 Å². The molecule has 0 radical (unpaired) electrons. The van der Waals surface area contributed by atoms with Crippen LogP contribution < -0.4 is 10.6 Å². The summed E-state index contributed by atoms with van der Waals surface area (Å²) in [5.41, 5.74) is 1.73. The molecule has 5 fully saturated rings. The van der Waals surface area contributed by atoms with Crippen molar-refractivity contribution in [3.05, 3.63) is 34.9 Å². The van der Waals surface area contributed by atoms with Gasteiger partial charge in [-0.05, 0) is 61.3 Å². The summed E-state index contributed by atoms with van der Waals surface area (Å²) in [6.07, 6.45) is 2.92. The number of hydrogen-bond donors (Lipinski definition) is 2. The van der Waals surface area contributed by atoms with E-state index in [0.717, 1.165) is 48.5 Å². The first-order valence-electron chi connectivity index (χ1n) is 11.3. The maximum atomic E-state index is 13.0. The molecule has 1 aromatic rings. The molecule has 5 unspecified atom stereocenters. The first kappa shape index (κ1) is 19.1. The topological polar surface area (TPSA) is 98.8 Å². The molecule has 6 aliphatic rings. The molecule has 4 saturated heterocycles. The van der Waals surface area contributed by atoms with E-state index in [-0.39, 0.29) is 18.7 Å². The van der Waals surface area contributed by atoms with Crippen LogP contribution in [0.1, 0.15) is 52.0 Å². The van der Waals surface area contributed by atoms with E-state index in [1.807, 2.05) is 12.1 Å². The standard InChI is InChI=1S/C23H26N4O4/c28-20-6-5-19(21(29)25-20)27-22(30)14-3-1-12(7-15(14)23(27)31)9-26-10-16-13-2-4-18(24-8-13)17(16)11-26/h1,3,7,13,16-19,24H,2,4-6,8-11H2,(H,25,28,29). The Bertz CT molecular complexity index is 979. The molecule has 162 valence electrons. The normalized spacial score (nSPS) is 34.8. The molecule has 31 heavy (non-hydrogen) atoms. The Balaban J connectivity index is 1.20. The number of carbonyl (C=O) groups excluding carboxylic acids is 4. The third-order valence-corrected chi connectivity index (χ3v) is 8.01. The maximum absolute atomic E-state index is 13.0. The molecule has 8 nitrogen and oxygen atoms in total. The quantitative estimate of drug-likeness (QED) is 0.689. The minimum absolute atomic E-state index is 0.128. The molecule has 1 saturated carbocycles. The van der Waals surface area contributed by atoms with E-state index >= 15 is 0 Å². The average molecular weight is 422 g/mol. The van der Waals surface area contributed by atoms with Gasteiger partial charge in [-0.3, -0.25) is 34.3 Å².